The summed E-state index contributed by atoms with van der Waals surface area (Å²) in [5.41, 5.74) is 1.48. The van der Waals surface area contributed by atoms with E-state index in [-0.39, 0.29) is 11.9 Å². The van der Waals surface area contributed by atoms with E-state index in [0.29, 0.717) is 24.5 Å². The van der Waals surface area contributed by atoms with Gasteiger partial charge in [0.05, 0.1) is 0 Å². The minimum atomic E-state index is -0.355. The second-order valence-electron chi connectivity index (χ2n) is 4.86. The van der Waals surface area contributed by atoms with E-state index < -0.39 is 0 Å². The Morgan fingerprint density at radius 2 is 2.29 bits per heavy atom. The highest BCUT2D eigenvalue weighted by Gasteiger charge is 2.24. The zero-order valence-corrected chi connectivity index (χ0v) is 14.6. The molecule has 0 N–H and O–H groups in total. The lowest BCUT2D eigenvalue weighted by molar-refractivity contribution is -0.132. The zero-order chi connectivity index (χ0) is 15.6. The van der Waals surface area contributed by atoms with Crippen LogP contribution in [0.2, 0.25) is 0 Å². The first kappa shape index (κ1) is 16.2. The SMILES string of the molecule is CCN(C)C(=O)C(C)n1c(CCCl)nc2cc(Br)cnc21. The summed E-state index contributed by atoms with van der Waals surface area (Å²) in [6.45, 7) is 4.49. The molecule has 2 aromatic rings. The molecule has 0 aliphatic heterocycles. The lowest BCUT2D eigenvalue weighted by Crippen LogP contribution is -2.33. The Labute approximate surface area is 137 Å². The van der Waals surface area contributed by atoms with Crippen molar-refractivity contribution in [2.24, 2.45) is 0 Å². The molecule has 1 unspecified atom stereocenters. The number of nitrogens with zero attached hydrogens (tertiary/aromatic N) is 4. The van der Waals surface area contributed by atoms with Crippen LogP contribution < -0.4 is 0 Å². The molecule has 0 saturated carbocycles. The van der Waals surface area contributed by atoms with Crippen LogP contribution in [0.3, 0.4) is 0 Å². The Balaban J connectivity index is 2.54. The summed E-state index contributed by atoms with van der Waals surface area (Å²) in [6, 6.07) is 1.55. The molecule has 114 valence electrons. The molecule has 0 aliphatic rings. The predicted molar refractivity (Wildman–Crippen MR) is 87.7 cm³/mol. The van der Waals surface area contributed by atoms with Gasteiger partial charge < -0.3 is 9.47 Å². The van der Waals surface area contributed by atoms with E-state index in [1.54, 1.807) is 18.1 Å². The number of imidazole rings is 1. The van der Waals surface area contributed by atoms with Gasteiger partial charge in [0.1, 0.15) is 17.4 Å². The van der Waals surface area contributed by atoms with Crippen molar-refractivity contribution < 1.29 is 4.79 Å². The second-order valence-corrected chi connectivity index (χ2v) is 6.16. The number of fused-ring (bicyclic) bond motifs is 1. The minimum absolute atomic E-state index is 0.0392. The van der Waals surface area contributed by atoms with Gasteiger partial charge in [0, 0.05) is 36.6 Å². The molecule has 0 bridgehead atoms. The number of aromatic nitrogens is 3. The topological polar surface area (TPSA) is 51.0 Å². The van der Waals surface area contributed by atoms with E-state index in [4.69, 9.17) is 11.6 Å². The lowest BCUT2D eigenvalue weighted by atomic mass is 10.2. The van der Waals surface area contributed by atoms with Crippen LogP contribution in [0, 0.1) is 0 Å². The standard InChI is InChI=1S/C14H18BrClN4O/c1-4-19(3)14(21)9(2)20-12(5-6-16)18-11-7-10(15)8-17-13(11)20/h7-9H,4-6H2,1-3H3. The van der Waals surface area contributed by atoms with Gasteiger partial charge in [-0.25, -0.2) is 9.97 Å². The molecule has 0 aromatic carbocycles. The molecular formula is C14H18BrClN4O. The fourth-order valence-corrected chi connectivity index (χ4v) is 2.75. The van der Waals surface area contributed by atoms with E-state index in [2.05, 4.69) is 25.9 Å². The van der Waals surface area contributed by atoms with E-state index in [0.717, 1.165) is 15.8 Å². The average molecular weight is 374 g/mol. The fourth-order valence-electron chi connectivity index (χ4n) is 2.26. The number of likely N-dealkylation sites (N-methyl/N-ethyl adjacent to an activating group) is 1. The molecule has 1 amide bonds. The Bertz CT molecular complexity index is 658. The van der Waals surface area contributed by atoms with Gasteiger partial charge >= 0.3 is 0 Å². The molecule has 0 radical (unpaired) electrons. The third kappa shape index (κ3) is 3.21. The summed E-state index contributed by atoms with van der Waals surface area (Å²) in [5, 5.41) is 0. The number of hydrogen-bond donors (Lipinski definition) is 0. The summed E-state index contributed by atoms with van der Waals surface area (Å²) in [6.07, 6.45) is 2.31. The number of alkyl halides is 1. The Morgan fingerprint density at radius 1 is 1.57 bits per heavy atom. The molecule has 0 saturated heterocycles. The first-order valence-corrected chi connectivity index (χ1v) is 8.15. The van der Waals surface area contributed by atoms with Crippen LogP contribution in [0.5, 0.6) is 0 Å². The van der Waals surface area contributed by atoms with Gasteiger partial charge in [-0.2, -0.15) is 0 Å². The van der Waals surface area contributed by atoms with Crippen molar-refractivity contribution >= 4 is 44.6 Å². The number of carbonyl (C=O) groups excluding carboxylic acids is 1. The van der Waals surface area contributed by atoms with Gasteiger partial charge in [-0.3, -0.25) is 4.79 Å². The van der Waals surface area contributed by atoms with Crippen LogP contribution in [0.15, 0.2) is 16.7 Å². The van der Waals surface area contributed by atoms with Crippen molar-refractivity contribution in [1.29, 1.82) is 0 Å². The van der Waals surface area contributed by atoms with Gasteiger partial charge in [0.2, 0.25) is 5.91 Å². The quantitative estimate of drug-likeness (QED) is 0.757. The second kappa shape index (κ2) is 6.75. The number of halogens is 2. The van der Waals surface area contributed by atoms with Crippen LogP contribution in [-0.2, 0) is 11.2 Å². The molecular weight excluding hydrogens is 356 g/mol. The molecule has 2 aromatic heterocycles. The van der Waals surface area contributed by atoms with Gasteiger partial charge in [-0.15, -0.1) is 11.6 Å². The van der Waals surface area contributed by atoms with Crippen LogP contribution >= 0.6 is 27.5 Å². The highest BCUT2D eigenvalue weighted by atomic mass is 79.9. The van der Waals surface area contributed by atoms with Gasteiger partial charge in [-0.05, 0) is 35.8 Å². The van der Waals surface area contributed by atoms with Crippen LogP contribution in [-0.4, -0.2) is 44.8 Å². The molecule has 0 fully saturated rings. The normalized spacial score (nSPS) is 12.6. The summed E-state index contributed by atoms with van der Waals surface area (Å²) < 4.78 is 2.75. The summed E-state index contributed by atoms with van der Waals surface area (Å²) in [5.74, 6) is 1.28. The number of amides is 1. The smallest absolute Gasteiger partial charge is 0.245 e. The van der Waals surface area contributed by atoms with Gasteiger partial charge in [-0.1, -0.05) is 0 Å². The summed E-state index contributed by atoms with van der Waals surface area (Å²) in [7, 11) is 1.79. The van der Waals surface area contributed by atoms with E-state index >= 15 is 0 Å². The van der Waals surface area contributed by atoms with E-state index in [9.17, 15) is 4.79 Å². The minimum Gasteiger partial charge on any atom is -0.344 e. The zero-order valence-electron chi connectivity index (χ0n) is 12.3. The first-order valence-electron chi connectivity index (χ1n) is 6.82. The number of carbonyl (C=O) groups is 1. The molecule has 0 spiro atoms. The Morgan fingerprint density at radius 3 is 2.90 bits per heavy atom. The van der Waals surface area contributed by atoms with Gasteiger partial charge in [0.25, 0.3) is 0 Å². The largest absolute Gasteiger partial charge is 0.344 e. The Kier molecular flexibility index (Phi) is 5.22. The molecule has 2 rings (SSSR count). The monoisotopic (exact) mass is 372 g/mol. The summed E-state index contributed by atoms with van der Waals surface area (Å²) >= 11 is 9.26. The maximum atomic E-state index is 12.4. The van der Waals surface area contributed by atoms with Crippen molar-refractivity contribution in [2.45, 2.75) is 26.3 Å². The predicted octanol–water partition coefficient (Wildman–Crippen LogP) is 3.01. The van der Waals surface area contributed by atoms with E-state index in [1.807, 2.05) is 24.5 Å². The number of pyridine rings is 1. The molecule has 2 heterocycles. The maximum absolute atomic E-state index is 12.4. The number of aryl methyl sites for hydroxylation is 1. The van der Waals surface area contributed by atoms with Crippen LogP contribution in [0.1, 0.15) is 25.7 Å². The van der Waals surface area contributed by atoms with Crippen molar-refractivity contribution in [2.75, 3.05) is 19.5 Å². The maximum Gasteiger partial charge on any atom is 0.245 e. The Hall–Kier alpha value is -1.14. The lowest BCUT2D eigenvalue weighted by Gasteiger charge is -2.22. The molecule has 5 nitrogen and oxygen atoms in total. The fraction of sp³-hybridized carbons (Fsp3) is 0.500. The highest BCUT2D eigenvalue weighted by Crippen LogP contribution is 2.23. The van der Waals surface area contributed by atoms with Crippen molar-refractivity contribution in [3.63, 3.8) is 0 Å². The third-order valence-corrected chi connectivity index (χ3v) is 4.11. The summed E-state index contributed by atoms with van der Waals surface area (Å²) in [4.78, 5) is 23.1. The van der Waals surface area contributed by atoms with Crippen molar-refractivity contribution in [1.82, 2.24) is 19.4 Å². The third-order valence-electron chi connectivity index (χ3n) is 3.48. The molecule has 21 heavy (non-hydrogen) atoms. The molecule has 1 atom stereocenters. The molecule has 0 aliphatic carbocycles. The van der Waals surface area contributed by atoms with Crippen molar-refractivity contribution in [3.05, 3.63) is 22.6 Å². The van der Waals surface area contributed by atoms with Gasteiger partial charge in [0.15, 0.2) is 5.65 Å². The average Bonchev–Trinajstić information content (AvgIpc) is 2.82. The highest BCUT2D eigenvalue weighted by molar-refractivity contribution is 9.10. The van der Waals surface area contributed by atoms with Crippen LogP contribution in [0.25, 0.3) is 11.2 Å². The van der Waals surface area contributed by atoms with Crippen LogP contribution in [0.4, 0.5) is 0 Å². The van der Waals surface area contributed by atoms with E-state index in [1.165, 1.54) is 0 Å². The first-order chi connectivity index (χ1) is 9.99. The van der Waals surface area contributed by atoms with Crippen molar-refractivity contribution in [3.8, 4) is 0 Å². The number of hydrogen-bond acceptors (Lipinski definition) is 3. The molecule has 7 heteroatoms. The number of rotatable bonds is 5.